The molecule has 2 aromatic rings. The number of nitrogen functional groups attached to an aromatic ring is 1. The van der Waals surface area contributed by atoms with Crippen molar-refractivity contribution >= 4 is 11.5 Å². The smallest absolute Gasteiger partial charge is 0.193 e. The van der Waals surface area contributed by atoms with Crippen LogP contribution in [0.25, 0.3) is 0 Å². The molecule has 2 nitrogen and oxygen atoms in total. The van der Waals surface area contributed by atoms with Gasteiger partial charge < -0.3 is 5.73 Å². The average Bonchev–Trinajstić information content (AvgIpc) is 2.30. The maximum absolute atomic E-state index is 13.1. The van der Waals surface area contributed by atoms with E-state index in [0.717, 1.165) is 18.2 Å². The first-order chi connectivity index (χ1) is 8.49. The number of hydrogen-bond donors (Lipinski definition) is 1. The summed E-state index contributed by atoms with van der Waals surface area (Å²) >= 11 is 0. The maximum atomic E-state index is 13.1. The Balaban J connectivity index is 2.51. The van der Waals surface area contributed by atoms with Crippen molar-refractivity contribution < 1.29 is 13.6 Å². The molecule has 0 aliphatic rings. The molecule has 2 rings (SSSR count). The van der Waals surface area contributed by atoms with Gasteiger partial charge in [0.2, 0.25) is 0 Å². The lowest BCUT2D eigenvalue weighted by molar-refractivity contribution is 0.103. The molecule has 0 bridgehead atoms. The predicted octanol–water partition coefficient (Wildman–Crippen LogP) is 3.09. The second kappa shape index (κ2) is 4.56. The number of halogens is 2. The molecule has 0 amide bonds. The zero-order valence-electron chi connectivity index (χ0n) is 9.71. The molecule has 0 aromatic heterocycles. The molecule has 0 aliphatic heterocycles. The van der Waals surface area contributed by atoms with Crippen LogP contribution in [0.15, 0.2) is 36.4 Å². The Morgan fingerprint density at radius 3 is 2.33 bits per heavy atom. The van der Waals surface area contributed by atoms with Crippen molar-refractivity contribution in [3.63, 3.8) is 0 Å². The molecule has 0 radical (unpaired) electrons. The van der Waals surface area contributed by atoms with Gasteiger partial charge in [0, 0.05) is 22.9 Å². The zero-order chi connectivity index (χ0) is 13.3. The minimum Gasteiger partial charge on any atom is -0.398 e. The number of rotatable bonds is 2. The predicted molar refractivity (Wildman–Crippen MR) is 65.4 cm³/mol. The van der Waals surface area contributed by atoms with Gasteiger partial charge in [-0.15, -0.1) is 0 Å². The number of carbonyl (C=O) groups is 1. The van der Waals surface area contributed by atoms with Crippen molar-refractivity contribution in [1.82, 2.24) is 0 Å². The van der Waals surface area contributed by atoms with Crippen LogP contribution in [0.1, 0.15) is 21.5 Å². The third kappa shape index (κ3) is 2.22. The third-order valence-corrected chi connectivity index (χ3v) is 2.75. The van der Waals surface area contributed by atoms with Crippen LogP contribution in [-0.2, 0) is 0 Å². The summed E-state index contributed by atoms with van der Waals surface area (Å²) in [5.74, 6) is -2.00. The van der Waals surface area contributed by atoms with Crippen molar-refractivity contribution in [2.24, 2.45) is 0 Å². The van der Waals surface area contributed by atoms with Crippen molar-refractivity contribution in [3.05, 3.63) is 64.7 Å². The van der Waals surface area contributed by atoms with Crippen molar-refractivity contribution in [1.29, 1.82) is 0 Å². The molecule has 18 heavy (non-hydrogen) atoms. The molecule has 0 atom stereocenters. The number of carbonyl (C=O) groups excluding carboxylic acids is 1. The highest BCUT2D eigenvalue weighted by Crippen LogP contribution is 2.20. The minimum atomic E-state index is -0.778. The lowest BCUT2D eigenvalue weighted by atomic mass is 9.98. The van der Waals surface area contributed by atoms with E-state index in [0.29, 0.717) is 16.8 Å². The molecule has 92 valence electrons. The molecule has 2 N–H and O–H groups in total. The first-order valence-electron chi connectivity index (χ1n) is 5.35. The number of ketones is 1. The standard InChI is InChI=1S/C14H11F2NO/c1-8-12(3-2-4-13(8)17)14(18)9-5-10(15)7-11(16)6-9/h2-7H,17H2,1H3. The largest absolute Gasteiger partial charge is 0.398 e. The Labute approximate surface area is 103 Å². The van der Waals surface area contributed by atoms with E-state index in [1.807, 2.05) is 0 Å². The summed E-state index contributed by atoms with van der Waals surface area (Å²) in [5, 5.41) is 0. The van der Waals surface area contributed by atoms with Gasteiger partial charge in [-0.25, -0.2) is 8.78 Å². The van der Waals surface area contributed by atoms with E-state index in [2.05, 4.69) is 0 Å². The molecule has 0 aliphatic carbocycles. The summed E-state index contributed by atoms with van der Waals surface area (Å²) in [7, 11) is 0. The van der Waals surface area contributed by atoms with E-state index >= 15 is 0 Å². The van der Waals surface area contributed by atoms with E-state index in [1.165, 1.54) is 0 Å². The van der Waals surface area contributed by atoms with Crippen LogP contribution in [0.3, 0.4) is 0 Å². The second-order valence-electron chi connectivity index (χ2n) is 4.01. The number of benzene rings is 2. The van der Waals surface area contributed by atoms with Gasteiger partial charge in [0.05, 0.1) is 0 Å². The number of anilines is 1. The van der Waals surface area contributed by atoms with E-state index < -0.39 is 17.4 Å². The fraction of sp³-hybridized carbons (Fsp3) is 0.0714. The van der Waals surface area contributed by atoms with Gasteiger partial charge >= 0.3 is 0 Å². The summed E-state index contributed by atoms with van der Waals surface area (Å²) in [6.45, 7) is 1.69. The average molecular weight is 247 g/mol. The molecule has 0 spiro atoms. The maximum Gasteiger partial charge on any atom is 0.193 e. The lowest BCUT2D eigenvalue weighted by Gasteiger charge is -2.07. The minimum absolute atomic E-state index is 0.0267. The first-order valence-corrected chi connectivity index (χ1v) is 5.35. The quantitative estimate of drug-likeness (QED) is 0.654. The van der Waals surface area contributed by atoms with Crippen molar-refractivity contribution in [2.45, 2.75) is 6.92 Å². The fourth-order valence-electron chi connectivity index (χ4n) is 1.74. The first kappa shape index (κ1) is 12.2. The van der Waals surface area contributed by atoms with Crippen molar-refractivity contribution in [2.75, 3.05) is 5.73 Å². The van der Waals surface area contributed by atoms with Crippen LogP contribution < -0.4 is 5.73 Å². The Morgan fingerprint density at radius 1 is 1.11 bits per heavy atom. The van der Waals surface area contributed by atoms with Gasteiger partial charge in [-0.3, -0.25) is 4.79 Å². The van der Waals surface area contributed by atoms with Gasteiger partial charge in [-0.1, -0.05) is 12.1 Å². The highest BCUT2D eigenvalue weighted by atomic mass is 19.1. The van der Waals surface area contributed by atoms with Gasteiger partial charge in [-0.2, -0.15) is 0 Å². The van der Waals surface area contributed by atoms with Crippen LogP contribution in [0.4, 0.5) is 14.5 Å². The molecule has 0 fully saturated rings. The monoisotopic (exact) mass is 247 g/mol. The summed E-state index contributed by atoms with van der Waals surface area (Å²) in [6, 6.07) is 7.62. The van der Waals surface area contributed by atoms with E-state index in [9.17, 15) is 13.6 Å². The molecule has 0 saturated carbocycles. The van der Waals surface area contributed by atoms with Crippen molar-refractivity contribution in [3.8, 4) is 0 Å². The molecule has 2 aromatic carbocycles. The van der Waals surface area contributed by atoms with Crippen LogP contribution in [-0.4, -0.2) is 5.78 Å². The molecule has 4 heteroatoms. The summed E-state index contributed by atoms with van der Waals surface area (Å²) in [4.78, 5) is 12.1. The van der Waals surface area contributed by atoms with Gasteiger partial charge in [-0.05, 0) is 30.7 Å². The van der Waals surface area contributed by atoms with Crippen LogP contribution in [0, 0.1) is 18.6 Å². The molecular weight excluding hydrogens is 236 g/mol. The van der Waals surface area contributed by atoms with Gasteiger partial charge in [0.25, 0.3) is 0 Å². The molecule has 0 heterocycles. The van der Waals surface area contributed by atoms with E-state index in [-0.39, 0.29) is 5.56 Å². The van der Waals surface area contributed by atoms with Gasteiger partial charge in [0.1, 0.15) is 11.6 Å². The Kier molecular flexibility index (Phi) is 3.10. The number of nitrogens with two attached hydrogens (primary N) is 1. The van der Waals surface area contributed by atoms with Crippen LogP contribution in [0.5, 0.6) is 0 Å². The summed E-state index contributed by atoms with van der Waals surface area (Å²) in [6.07, 6.45) is 0. The highest BCUT2D eigenvalue weighted by molar-refractivity contribution is 6.10. The van der Waals surface area contributed by atoms with Gasteiger partial charge in [0.15, 0.2) is 5.78 Å². The van der Waals surface area contributed by atoms with E-state index in [1.54, 1.807) is 25.1 Å². The second-order valence-corrected chi connectivity index (χ2v) is 4.01. The topological polar surface area (TPSA) is 43.1 Å². The number of hydrogen-bond acceptors (Lipinski definition) is 2. The Bertz CT molecular complexity index is 603. The fourth-order valence-corrected chi connectivity index (χ4v) is 1.74. The van der Waals surface area contributed by atoms with Crippen LogP contribution >= 0.6 is 0 Å². The third-order valence-electron chi connectivity index (χ3n) is 2.75. The zero-order valence-corrected chi connectivity index (χ0v) is 9.71. The molecule has 0 saturated heterocycles. The Hall–Kier alpha value is -2.23. The lowest BCUT2D eigenvalue weighted by Crippen LogP contribution is -2.06. The highest BCUT2D eigenvalue weighted by Gasteiger charge is 2.14. The normalized spacial score (nSPS) is 10.4. The Morgan fingerprint density at radius 2 is 1.72 bits per heavy atom. The molecule has 0 unspecified atom stereocenters. The summed E-state index contributed by atoms with van der Waals surface area (Å²) in [5.41, 5.74) is 7.09. The summed E-state index contributed by atoms with van der Waals surface area (Å²) < 4.78 is 26.1. The van der Waals surface area contributed by atoms with Crippen LogP contribution in [0.2, 0.25) is 0 Å². The SMILES string of the molecule is Cc1c(N)cccc1C(=O)c1cc(F)cc(F)c1. The van der Waals surface area contributed by atoms with E-state index in [4.69, 9.17) is 5.73 Å². The molecular formula is C14H11F2NO.